The fraction of sp³-hybridized carbons (Fsp3) is 0.333. The summed E-state index contributed by atoms with van der Waals surface area (Å²) in [6.07, 6.45) is 6.82. The van der Waals surface area contributed by atoms with Gasteiger partial charge >= 0.3 is 0 Å². The van der Waals surface area contributed by atoms with Crippen molar-refractivity contribution in [2.75, 3.05) is 6.54 Å². The van der Waals surface area contributed by atoms with Crippen LogP contribution in [-0.4, -0.2) is 34.4 Å². The van der Waals surface area contributed by atoms with Crippen molar-refractivity contribution >= 4 is 5.91 Å². The average molecular weight is 412 g/mol. The molecule has 3 atom stereocenters. The van der Waals surface area contributed by atoms with E-state index >= 15 is 0 Å². The molecule has 31 heavy (non-hydrogen) atoms. The quantitative estimate of drug-likeness (QED) is 0.653. The number of fused-ring (bicyclic) bond motifs is 1. The minimum Gasteiger partial charge on any atom is -0.349 e. The normalized spacial score (nSPS) is 22.9. The van der Waals surface area contributed by atoms with E-state index in [9.17, 15) is 4.79 Å². The summed E-state index contributed by atoms with van der Waals surface area (Å²) < 4.78 is 0. The standard InChI is InChI=1S/C27H29N3O/c1-19-15-23(17-28-16-19)27(31)29-25-11-12-26-24(25)13-14-30(26)18-20-7-9-22(10-8-20)21-5-3-2-4-6-21/h2-10,15-17,24-26H,11-14,18H2,1H3,(H,29,31)/t24-,25-,26+/m0/s1. The van der Waals surface area contributed by atoms with Gasteiger partial charge in [0.05, 0.1) is 5.56 Å². The van der Waals surface area contributed by atoms with Crippen LogP contribution < -0.4 is 5.32 Å². The third-order valence-corrected chi connectivity index (χ3v) is 6.90. The number of pyridine rings is 1. The number of carbonyl (C=O) groups excluding carboxylic acids is 1. The Bertz CT molecular complexity index is 1050. The first-order valence-corrected chi connectivity index (χ1v) is 11.3. The predicted molar refractivity (Wildman–Crippen MR) is 124 cm³/mol. The molecule has 1 N–H and O–H groups in total. The fourth-order valence-corrected chi connectivity index (χ4v) is 5.35. The van der Waals surface area contributed by atoms with Crippen molar-refractivity contribution in [2.24, 2.45) is 5.92 Å². The maximum Gasteiger partial charge on any atom is 0.253 e. The van der Waals surface area contributed by atoms with Crippen molar-refractivity contribution in [1.82, 2.24) is 15.2 Å². The number of carbonyl (C=O) groups is 1. The molecule has 1 aliphatic heterocycles. The second-order valence-corrected chi connectivity index (χ2v) is 8.96. The molecule has 5 rings (SSSR count). The Kier molecular flexibility index (Phi) is 5.56. The summed E-state index contributed by atoms with van der Waals surface area (Å²) in [6, 6.07) is 22.2. The number of hydrogen-bond acceptors (Lipinski definition) is 3. The van der Waals surface area contributed by atoms with Gasteiger partial charge in [0.1, 0.15) is 0 Å². The van der Waals surface area contributed by atoms with Gasteiger partial charge in [-0.25, -0.2) is 0 Å². The molecular weight excluding hydrogens is 382 g/mol. The summed E-state index contributed by atoms with van der Waals surface area (Å²) in [6.45, 7) is 4.06. The maximum atomic E-state index is 12.7. The number of benzene rings is 2. The number of nitrogens with zero attached hydrogens (tertiary/aromatic N) is 2. The molecule has 0 bridgehead atoms. The zero-order chi connectivity index (χ0) is 21.2. The lowest BCUT2D eigenvalue weighted by molar-refractivity contribution is 0.0926. The second-order valence-electron chi connectivity index (χ2n) is 8.96. The van der Waals surface area contributed by atoms with E-state index in [2.05, 4.69) is 69.8 Å². The lowest BCUT2D eigenvalue weighted by Gasteiger charge is -2.24. The Morgan fingerprint density at radius 2 is 1.77 bits per heavy atom. The van der Waals surface area contributed by atoms with E-state index in [4.69, 9.17) is 0 Å². The Labute approximate surface area is 184 Å². The third-order valence-electron chi connectivity index (χ3n) is 6.90. The molecule has 1 saturated heterocycles. The van der Waals surface area contributed by atoms with Crippen LogP contribution in [0.15, 0.2) is 73.1 Å². The second kappa shape index (κ2) is 8.64. The zero-order valence-electron chi connectivity index (χ0n) is 18.0. The highest BCUT2D eigenvalue weighted by Crippen LogP contribution is 2.39. The van der Waals surface area contributed by atoms with Crippen molar-refractivity contribution < 1.29 is 4.79 Å². The molecule has 2 fully saturated rings. The first-order valence-electron chi connectivity index (χ1n) is 11.3. The molecular formula is C27H29N3O. The van der Waals surface area contributed by atoms with Gasteiger partial charge in [0.2, 0.25) is 0 Å². The number of aryl methyl sites for hydroxylation is 1. The van der Waals surface area contributed by atoms with Crippen molar-refractivity contribution in [3.63, 3.8) is 0 Å². The van der Waals surface area contributed by atoms with Gasteiger partial charge < -0.3 is 5.32 Å². The van der Waals surface area contributed by atoms with E-state index in [0.717, 1.165) is 37.9 Å². The number of hydrogen-bond donors (Lipinski definition) is 1. The average Bonchev–Trinajstić information content (AvgIpc) is 3.38. The first-order chi connectivity index (χ1) is 15.2. The van der Waals surface area contributed by atoms with E-state index in [-0.39, 0.29) is 11.9 Å². The van der Waals surface area contributed by atoms with Gasteiger partial charge in [0, 0.05) is 31.0 Å². The smallest absolute Gasteiger partial charge is 0.253 e. The molecule has 4 heteroatoms. The van der Waals surface area contributed by atoms with Crippen molar-refractivity contribution in [3.05, 3.63) is 89.7 Å². The van der Waals surface area contributed by atoms with E-state index in [1.165, 1.54) is 16.7 Å². The largest absolute Gasteiger partial charge is 0.349 e. The van der Waals surface area contributed by atoms with Gasteiger partial charge in [0.25, 0.3) is 5.91 Å². The van der Waals surface area contributed by atoms with Gasteiger partial charge in [-0.15, -0.1) is 0 Å². The summed E-state index contributed by atoms with van der Waals surface area (Å²) in [5.41, 5.74) is 5.56. The molecule has 0 unspecified atom stereocenters. The SMILES string of the molecule is Cc1cncc(C(=O)N[C@H]2CC[C@@H]3[C@H]2CCN3Cc2ccc(-c3ccccc3)cc2)c1. The molecule has 1 aliphatic carbocycles. The topological polar surface area (TPSA) is 45.2 Å². The van der Waals surface area contributed by atoms with Crippen LogP contribution in [0.2, 0.25) is 0 Å². The lowest BCUT2D eigenvalue weighted by atomic mass is 9.99. The third kappa shape index (κ3) is 4.26. The lowest BCUT2D eigenvalue weighted by Crippen LogP contribution is -2.39. The molecule has 1 saturated carbocycles. The Morgan fingerprint density at radius 3 is 2.55 bits per heavy atom. The molecule has 2 aliphatic rings. The van der Waals surface area contributed by atoms with E-state index in [0.29, 0.717) is 17.5 Å². The molecule has 2 heterocycles. The van der Waals surface area contributed by atoms with Crippen LogP contribution in [0.4, 0.5) is 0 Å². The first kappa shape index (κ1) is 20.0. The number of amides is 1. The summed E-state index contributed by atoms with van der Waals surface area (Å²) in [4.78, 5) is 19.5. The molecule has 0 spiro atoms. The monoisotopic (exact) mass is 411 g/mol. The minimum absolute atomic E-state index is 0.0109. The fourth-order valence-electron chi connectivity index (χ4n) is 5.35. The highest BCUT2D eigenvalue weighted by molar-refractivity contribution is 5.94. The van der Waals surface area contributed by atoms with Crippen molar-refractivity contribution in [3.8, 4) is 11.1 Å². The molecule has 158 valence electrons. The number of rotatable bonds is 5. The summed E-state index contributed by atoms with van der Waals surface area (Å²) >= 11 is 0. The molecule has 3 aromatic rings. The Morgan fingerprint density at radius 1 is 1.00 bits per heavy atom. The van der Waals surface area contributed by atoms with Gasteiger partial charge in [0.15, 0.2) is 0 Å². The zero-order valence-corrected chi connectivity index (χ0v) is 18.0. The Balaban J connectivity index is 1.21. The Hall–Kier alpha value is -2.98. The molecule has 1 aromatic heterocycles. The molecule has 0 radical (unpaired) electrons. The van der Waals surface area contributed by atoms with Crippen LogP contribution in [0.3, 0.4) is 0 Å². The van der Waals surface area contributed by atoms with Gasteiger partial charge in [-0.3, -0.25) is 14.7 Å². The highest BCUT2D eigenvalue weighted by Gasteiger charge is 2.44. The van der Waals surface area contributed by atoms with E-state index in [1.807, 2.05) is 13.0 Å². The van der Waals surface area contributed by atoms with E-state index < -0.39 is 0 Å². The minimum atomic E-state index is 0.0109. The van der Waals surface area contributed by atoms with Crippen LogP contribution in [0.25, 0.3) is 11.1 Å². The molecule has 4 nitrogen and oxygen atoms in total. The van der Waals surface area contributed by atoms with Crippen LogP contribution in [0, 0.1) is 12.8 Å². The molecule has 1 amide bonds. The van der Waals surface area contributed by atoms with E-state index in [1.54, 1.807) is 12.4 Å². The van der Waals surface area contributed by atoms with Gasteiger partial charge in [-0.2, -0.15) is 0 Å². The summed E-state index contributed by atoms with van der Waals surface area (Å²) in [7, 11) is 0. The van der Waals surface area contributed by atoms with Crippen LogP contribution in [0.1, 0.15) is 40.7 Å². The van der Waals surface area contributed by atoms with Crippen molar-refractivity contribution in [2.45, 2.75) is 44.8 Å². The maximum absolute atomic E-state index is 12.7. The van der Waals surface area contributed by atoms with Crippen LogP contribution in [-0.2, 0) is 6.54 Å². The van der Waals surface area contributed by atoms with Crippen LogP contribution >= 0.6 is 0 Å². The number of aromatic nitrogens is 1. The highest BCUT2D eigenvalue weighted by atomic mass is 16.1. The van der Waals surface area contributed by atoms with Crippen molar-refractivity contribution in [1.29, 1.82) is 0 Å². The summed E-state index contributed by atoms with van der Waals surface area (Å²) in [5.74, 6) is 0.558. The van der Waals surface area contributed by atoms with Gasteiger partial charge in [-0.05, 0) is 67.0 Å². The van der Waals surface area contributed by atoms with Gasteiger partial charge in [-0.1, -0.05) is 54.6 Å². The van der Waals surface area contributed by atoms with Crippen LogP contribution in [0.5, 0.6) is 0 Å². The number of nitrogens with one attached hydrogen (secondary N) is 1. The summed E-state index contributed by atoms with van der Waals surface area (Å²) in [5, 5.41) is 3.30. The predicted octanol–water partition coefficient (Wildman–Crippen LogP) is 4.84. The molecule has 2 aromatic carbocycles. The number of likely N-dealkylation sites (tertiary alicyclic amines) is 1.